The number of ether oxygens (including phenoxy) is 2. The summed E-state index contributed by atoms with van der Waals surface area (Å²) < 4.78 is 10.7. The molecule has 0 aromatic carbocycles. The summed E-state index contributed by atoms with van der Waals surface area (Å²) in [7, 11) is 1.80. The van der Waals surface area contributed by atoms with Crippen molar-refractivity contribution in [3.8, 4) is 0 Å². The molecule has 1 aliphatic heterocycles. The van der Waals surface area contributed by atoms with Crippen LogP contribution in [0.1, 0.15) is 26.2 Å². The summed E-state index contributed by atoms with van der Waals surface area (Å²) in [6.45, 7) is 7.72. The molecule has 0 spiro atoms. The van der Waals surface area contributed by atoms with E-state index in [0.717, 1.165) is 51.1 Å². The van der Waals surface area contributed by atoms with Gasteiger partial charge >= 0.3 is 6.09 Å². The van der Waals surface area contributed by atoms with Gasteiger partial charge in [-0.15, -0.1) is 0 Å². The summed E-state index contributed by atoms with van der Waals surface area (Å²) in [6, 6.07) is 0. The maximum Gasteiger partial charge on any atom is 0.409 e. The lowest BCUT2D eigenvalue weighted by Crippen LogP contribution is -2.54. The van der Waals surface area contributed by atoms with Gasteiger partial charge in [0.25, 0.3) is 0 Å². The summed E-state index contributed by atoms with van der Waals surface area (Å²) in [6.07, 6.45) is 3.43. The average molecular weight is 326 g/mol. The maximum absolute atomic E-state index is 11.7. The van der Waals surface area contributed by atoms with Gasteiger partial charge in [-0.05, 0) is 32.1 Å². The van der Waals surface area contributed by atoms with Gasteiger partial charge in [-0.2, -0.15) is 0 Å². The molecular formula is C16H30N4O3. The fourth-order valence-electron chi connectivity index (χ4n) is 2.56. The number of amides is 1. The van der Waals surface area contributed by atoms with Crippen molar-refractivity contribution in [3.05, 3.63) is 0 Å². The fraction of sp³-hybridized carbons (Fsp3) is 0.875. The molecule has 1 aliphatic carbocycles. The van der Waals surface area contributed by atoms with Gasteiger partial charge in [-0.3, -0.25) is 4.99 Å². The normalized spacial score (nSPS) is 19.0. The molecule has 0 atom stereocenters. The van der Waals surface area contributed by atoms with E-state index in [1.54, 1.807) is 11.9 Å². The number of nitrogens with zero attached hydrogens (tertiary/aromatic N) is 3. The topological polar surface area (TPSA) is 66.4 Å². The summed E-state index contributed by atoms with van der Waals surface area (Å²) in [5, 5.41) is 3.37. The number of carbonyl (C=O) groups is 1. The van der Waals surface area contributed by atoms with E-state index in [0.29, 0.717) is 19.7 Å². The van der Waals surface area contributed by atoms with Crippen LogP contribution >= 0.6 is 0 Å². The van der Waals surface area contributed by atoms with Gasteiger partial charge < -0.3 is 24.6 Å². The molecule has 1 amide bonds. The van der Waals surface area contributed by atoms with Gasteiger partial charge in [0.05, 0.1) is 6.61 Å². The second-order valence-electron chi connectivity index (χ2n) is 6.02. The Kier molecular flexibility index (Phi) is 7.45. The van der Waals surface area contributed by atoms with Crippen LogP contribution in [0.5, 0.6) is 0 Å². The molecular weight excluding hydrogens is 296 g/mol. The zero-order chi connectivity index (χ0) is 16.5. The lowest BCUT2D eigenvalue weighted by molar-refractivity contribution is 0.0913. The van der Waals surface area contributed by atoms with E-state index in [2.05, 4.69) is 15.2 Å². The van der Waals surface area contributed by atoms with Crippen LogP contribution in [0.4, 0.5) is 4.79 Å². The van der Waals surface area contributed by atoms with Gasteiger partial charge in [0.2, 0.25) is 0 Å². The first kappa shape index (κ1) is 17.8. The fourth-order valence-corrected chi connectivity index (χ4v) is 2.56. The minimum atomic E-state index is -0.220. The van der Waals surface area contributed by atoms with Crippen molar-refractivity contribution in [2.75, 3.05) is 59.6 Å². The minimum absolute atomic E-state index is 0.220. The first-order valence-corrected chi connectivity index (χ1v) is 8.69. The molecule has 2 rings (SSSR count). The van der Waals surface area contributed by atoms with Crippen LogP contribution in [-0.2, 0) is 9.47 Å². The highest BCUT2D eigenvalue weighted by molar-refractivity contribution is 5.80. The molecule has 1 heterocycles. The van der Waals surface area contributed by atoms with Crippen LogP contribution in [0.15, 0.2) is 4.99 Å². The third-order valence-electron chi connectivity index (χ3n) is 4.12. The Morgan fingerprint density at radius 1 is 1.22 bits per heavy atom. The second-order valence-corrected chi connectivity index (χ2v) is 6.02. The molecule has 0 unspecified atom stereocenters. The molecule has 7 nitrogen and oxygen atoms in total. The SMILES string of the molecule is CCOC(=O)N1CCN(C(=NC)NCCCOCC2CC2)CC1. The first-order valence-electron chi connectivity index (χ1n) is 8.69. The van der Waals surface area contributed by atoms with Gasteiger partial charge in [0.15, 0.2) is 5.96 Å². The summed E-state index contributed by atoms with van der Waals surface area (Å²) in [5.41, 5.74) is 0. The van der Waals surface area contributed by atoms with Crippen molar-refractivity contribution in [1.29, 1.82) is 0 Å². The lowest BCUT2D eigenvalue weighted by atomic mass is 10.3. The highest BCUT2D eigenvalue weighted by Crippen LogP contribution is 2.28. The first-order chi connectivity index (χ1) is 11.2. The summed E-state index contributed by atoms with van der Waals surface area (Å²) in [4.78, 5) is 20.0. The number of carbonyl (C=O) groups excluding carboxylic acids is 1. The van der Waals surface area contributed by atoms with Crippen molar-refractivity contribution in [1.82, 2.24) is 15.1 Å². The largest absolute Gasteiger partial charge is 0.450 e. The molecule has 2 aliphatic rings. The second kappa shape index (κ2) is 9.60. The van der Waals surface area contributed by atoms with Crippen molar-refractivity contribution in [2.45, 2.75) is 26.2 Å². The van der Waals surface area contributed by atoms with E-state index < -0.39 is 0 Å². The molecule has 132 valence electrons. The van der Waals surface area contributed by atoms with E-state index in [-0.39, 0.29) is 6.09 Å². The highest BCUT2D eigenvalue weighted by Gasteiger charge is 2.23. The van der Waals surface area contributed by atoms with Gasteiger partial charge in [-0.25, -0.2) is 4.79 Å². The van der Waals surface area contributed by atoms with Gasteiger partial charge in [0, 0.05) is 53.0 Å². The zero-order valence-corrected chi connectivity index (χ0v) is 14.4. The quantitative estimate of drug-likeness (QED) is 0.432. The number of piperazine rings is 1. The van der Waals surface area contributed by atoms with E-state index in [1.807, 2.05) is 6.92 Å². The Bertz CT molecular complexity index is 391. The highest BCUT2D eigenvalue weighted by atomic mass is 16.6. The molecule has 1 saturated carbocycles. The van der Waals surface area contributed by atoms with E-state index in [1.165, 1.54) is 12.8 Å². The Balaban J connectivity index is 1.59. The third kappa shape index (κ3) is 6.25. The number of guanidine groups is 1. The molecule has 0 radical (unpaired) electrons. The summed E-state index contributed by atoms with van der Waals surface area (Å²) >= 11 is 0. The lowest BCUT2D eigenvalue weighted by Gasteiger charge is -2.35. The van der Waals surface area contributed by atoms with Crippen molar-refractivity contribution >= 4 is 12.1 Å². The minimum Gasteiger partial charge on any atom is -0.450 e. The number of rotatable bonds is 7. The van der Waals surface area contributed by atoms with E-state index in [9.17, 15) is 4.79 Å². The van der Waals surface area contributed by atoms with Gasteiger partial charge in [0.1, 0.15) is 0 Å². The maximum atomic E-state index is 11.7. The van der Waals surface area contributed by atoms with Crippen LogP contribution in [0, 0.1) is 5.92 Å². The Morgan fingerprint density at radius 2 is 1.91 bits per heavy atom. The van der Waals surface area contributed by atoms with Gasteiger partial charge in [-0.1, -0.05) is 0 Å². The van der Waals surface area contributed by atoms with Crippen LogP contribution in [0.2, 0.25) is 0 Å². The van der Waals surface area contributed by atoms with Crippen molar-refractivity contribution < 1.29 is 14.3 Å². The molecule has 2 fully saturated rings. The summed E-state index contributed by atoms with van der Waals surface area (Å²) in [5.74, 6) is 1.72. The average Bonchev–Trinajstić information content (AvgIpc) is 3.39. The Morgan fingerprint density at radius 3 is 2.52 bits per heavy atom. The van der Waals surface area contributed by atoms with E-state index >= 15 is 0 Å². The van der Waals surface area contributed by atoms with Crippen LogP contribution in [0.3, 0.4) is 0 Å². The number of hydrogen-bond acceptors (Lipinski definition) is 4. The monoisotopic (exact) mass is 326 g/mol. The molecule has 0 bridgehead atoms. The van der Waals surface area contributed by atoms with Crippen LogP contribution < -0.4 is 5.32 Å². The molecule has 23 heavy (non-hydrogen) atoms. The molecule has 7 heteroatoms. The number of aliphatic imine (C=N–C) groups is 1. The Hall–Kier alpha value is -1.50. The predicted molar refractivity (Wildman–Crippen MR) is 89.7 cm³/mol. The molecule has 0 aromatic rings. The predicted octanol–water partition coefficient (Wildman–Crippen LogP) is 1.15. The molecule has 1 N–H and O–H groups in total. The van der Waals surface area contributed by atoms with Crippen molar-refractivity contribution in [2.24, 2.45) is 10.9 Å². The molecule has 1 saturated heterocycles. The standard InChI is InChI=1S/C16H30N4O3/c1-3-23-16(21)20-10-8-19(9-11-20)15(17-2)18-7-4-12-22-13-14-5-6-14/h14H,3-13H2,1-2H3,(H,17,18). The number of hydrogen-bond donors (Lipinski definition) is 1. The van der Waals surface area contributed by atoms with Crippen molar-refractivity contribution in [3.63, 3.8) is 0 Å². The van der Waals surface area contributed by atoms with E-state index in [4.69, 9.17) is 9.47 Å². The smallest absolute Gasteiger partial charge is 0.409 e. The van der Waals surface area contributed by atoms with Crippen LogP contribution in [-0.4, -0.2) is 81.4 Å². The third-order valence-corrected chi connectivity index (χ3v) is 4.12. The number of nitrogens with one attached hydrogen (secondary N) is 1. The van der Waals surface area contributed by atoms with Crippen LogP contribution in [0.25, 0.3) is 0 Å². The zero-order valence-electron chi connectivity index (χ0n) is 14.4. The Labute approximate surface area is 139 Å². The molecule has 0 aromatic heterocycles.